The van der Waals surface area contributed by atoms with Gasteiger partial charge < -0.3 is 24.5 Å². The molecule has 0 aliphatic carbocycles. The number of benzene rings is 3. The summed E-state index contributed by atoms with van der Waals surface area (Å²) < 4.78 is 11.4. The Morgan fingerprint density at radius 2 is 1.73 bits per heavy atom. The summed E-state index contributed by atoms with van der Waals surface area (Å²) in [5, 5.41) is 11.3. The molecule has 33 heavy (non-hydrogen) atoms. The van der Waals surface area contributed by atoms with Crippen LogP contribution >= 0.6 is 0 Å². The number of carbonyl (C=O) groups is 2. The lowest BCUT2D eigenvalue weighted by Crippen LogP contribution is -2.35. The summed E-state index contributed by atoms with van der Waals surface area (Å²) in [6.07, 6.45) is 0. The van der Waals surface area contributed by atoms with Crippen LogP contribution in [0.2, 0.25) is 0 Å². The van der Waals surface area contributed by atoms with Crippen molar-refractivity contribution in [2.75, 3.05) is 34.3 Å². The van der Waals surface area contributed by atoms with Crippen molar-refractivity contribution in [1.82, 2.24) is 14.8 Å². The molecule has 1 aliphatic heterocycles. The lowest BCUT2D eigenvalue weighted by molar-refractivity contribution is 0.0645. The van der Waals surface area contributed by atoms with Crippen LogP contribution in [0.5, 0.6) is 23.0 Å². The van der Waals surface area contributed by atoms with Crippen molar-refractivity contribution in [2.24, 2.45) is 0 Å². The van der Waals surface area contributed by atoms with Crippen molar-refractivity contribution < 1.29 is 24.2 Å². The van der Waals surface area contributed by atoms with E-state index in [1.165, 1.54) is 4.90 Å². The van der Waals surface area contributed by atoms with Crippen molar-refractivity contribution in [2.45, 2.75) is 0 Å². The van der Waals surface area contributed by atoms with Crippen LogP contribution in [0.1, 0.15) is 20.7 Å². The fourth-order valence-corrected chi connectivity index (χ4v) is 4.15. The highest BCUT2D eigenvalue weighted by atomic mass is 16.5. The number of likely N-dealkylation sites (N-methyl/N-ethyl adjacent to an activating group) is 1. The van der Waals surface area contributed by atoms with E-state index >= 15 is 0 Å². The summed E-state index contributed by atoms with van der Waals surface area (Å²) in [6, 6.07) is 13.6. The summed E-state index contributed by atoms with van der Waals surface area (Å²) in [4.78, 5) is 33.1. The first-order chi connectivity index (χ1) is 15.9. The number of phenols is 1. The number of phenolic OH excluding ortho intramolecular Hbond substituents is 1. The molecule has 0 atom stereocenters. The second-order valence-corrected chi connectivity index (χ2v) is 8.24. The molecule has 2 amide bonds. The van der Waals surface area contributed by atoms with Gasteiger partial charge in [0.1, 0.15) is 17.2 Å². The predicted molar refractivity (Wildman–Crippen MR) is 124 cm³/mol. The molecule has 0 saturated heterocycles. The number of methoxy groups -OCH3 is 1. The van der Waals surface area contributed by atoms with Gasteiger partial charge in [-0.3, -0.25) is 14.5 Å². The van der Waals surface area contributed by atoms with E-state index in [4.69, 9.17) is 9.47 Å². The van der Waals surface area contributed by atoms with Crippen LogP contribution in [-0.4, -0.2) is 66.0 Å². The number of fused-ring (bicyclic) bond motifs is 5. The van der Waals surface area contributed by atoms with Gasteiger partial charge in [-0.05, 0) is 62.6 Å². The maximum atomic E-state index is 13.4. The van der Waals surface area contributed by atoms with Gasteiger partial charge in [-0.2, -0.15) is 0 Å². The van der Waals surface area contributed by atoms with Gasteiger partial charge in [-0.25, -0.2) is 0 Å². The number of hydrogen-bond donors (Lipinski definition) is 2. The Hall–Kier alpha value is -4.04. The second kappa shape index (κ2) is 7.83. The molecule has 5 rings (SSSR count). The minimum atomic E-state index is -0.354. The maximum absolute atomic E-state index is 13.4. The van der Waals surface area contributed by atoms with Crippen molar-refractivity contribution in [1.29, 1.82) is 0 Å². The lowest BCUT2D eigenvalue weighted by Gasteiger charge is -2.16. The number of carbonyl (C=O) groups excluding carboxylic acids is 2. The van der Waals surface area contributed by atoms with E-state index in [1.807, 2.05) is 19.0 Å². The Kier molecular flexibility index (Phi) is 4.94. The van der Waals surface area contributed by atoms with Gasteiger partial charge in [0.15, 0.2) is 5.75 Å². The number of aromatic nitrogens is 1. The van der Waals surface area contributed by atoms with E-state index in [0.29, 0.717) is 51.2 Å². The quantitative estimate of drug-likeness (QED) is 0.436. The summed E-state index contributed by atoms with van der Waals surface area (Å²) in [5.41, 5.74) is 1.93. The number of amides is 2. The number of nitrogens with one attached hydrogen (secondary N) is 1. The van der Waals surface area contributed by atoms with E-state index in [9.17, 15) is 14.7 Å². The molecule has 0 unspecified atom stereocenters. The molecule has 3 aromatic carbocycles. The van der Waals surface area contributed by atoms with Crippen LogP contribution in [0.25, 0.3) is 21.8 Å². The molecule has 1 aromatic heterocycles. The molecule has 0 bridgehead atoms. The highest BCUT2D eigenvalue weighted by Crippen LogP contribution is 2.42. The number of imide groups is 1. The highest BCUT2D eigenvalue weighted by Gasteiger charge is 2.39. The van der Waals surface area contributed by atoms with Crippen molar-refractivity contribution >= 4 is 33.6 Å². The lowest BCUT2D eigenvalue weighted by atomic mass is 10.0. The van der Waals surface area contributed by atoms with Gasteiger partial charge in [-0.15, -0.1) is 0 Å². The second-order valence-electron chi connectivity index (χ2n) is 8.24. The number of rotatable bonds is 6. The third kappa shape index (κ3) is 3.44. The minimum absolute atomic E-state index is 0.0693. The number of H-pyrrole nitrogens is 1. The summed E-state index contributed by atoms with van der Waals surface area (Å²) in [7, 11) is 5.36. The zero-order chi connectivity index (χ0) is 23.3. The fraction of sp³-hybridized carbons (Fsp3) is 0.200. The molecule has 2 heterocycles. The Morgan fingerprint density at radius 1 is 1.00 bits per heavy atom. The minimum Gasteiger partial charge on any atom is -0.508 e. The van der Waals surface area contributed by atoms with Crippen LogP contribution in [0.15, 0.2) is 48.5 Å². The van der Waals surface area contributed by atoms with Crippen LogP contribution in [0, 0.1) is 0 Å². The van der Waals surface area contributed by atoms with Crippen molar-refractivity contribution in [3.05, 3.63) is 59.7 Å². The molecule has 8 nitrogen and oxygen atoms in total. The molecule has 8 heteroatoms. The third-order valence-electron chi connectivity index (χ3n) is 5.82. The summed E-state index contributed by atoms with van der Waals surface area (Å²) in [6.45, 7) is 0.835. The molecule has 0 spiro atoms. The first-order valence-electron chi connectivity index (χ1n) is 10.5. The number of nitrogens with zero attached hydrogens (tertiary/aromatic N) is 2. The zero-order valence-corrected chi connectivity index (χ0v) is 18.5. The fourth-order valence-electron chi connectivity index (χ4n) is 4.15. The smallest absolute Gasteiger partial charge is 0.262 e. The maximum Gasteiger partial charge on any atom is 0.262 e. The normalized spacial score (nSPS) is 13.4. The number of aromatic amines is 1. The van der Waals surface area contributed by atoms with E-state index in [2.05, 4.69) is 4.98 Å². The standard InChI is InChI=1S/C25H23N3O5/c1-27(2)10-11-28-24(30)18-13-20(33-16-7-5-15(32-3)6-8-16)23-21(22(18)25(28)31)17-12-14(29)4-9-19(17)26-23/h4-9,12-13,26,29H,10-11H2,1-3H3. The average molecular weight is 445 g/mol. The molecule has 0 saturated carbocycles. The van der Waals surface area contributed by atoms with Crippen LogP contribution in [0.3, 0.4) is 0 Å². The van der Waals surface area contributed by atoms with Crippen LogP contribution < -0.4 is 9.47 Å². The van der Waals surface area contributed by atoms with Gasteiger partial charge in [-0.1, -0.05) is 0 Å². The van der Waals surface area contributed by atoms with Gasteiger partial charge >= 0.3 is 0 Å². The average Bonchev–Trinajstić information content (AvgIpc) is 3.28. The summed E-state index contributed by atoms with van der Waals surface area (Å²) in [5.74, 6) is 1.04. The summed E-state index contributed by atoms with van der Waals surface area (Å²) >= 11 is 0. The number of ether oxygens (including phenoxy) is 2. The van der Waals surface area contributed by atoms with Crippen LogP contribution in [-0.2, 0) is 0 Å². The SMILES string of the molecule is COc1ccc(Oc2cc3c(c4c2[nH]c2ccc(O)cc24)C(=O)N(CCN(C)C)C3=O)cc1. The van der Waals surface area contributed by atoms with E-state index < -0.39 is 0 Å². The molecule has 1 aliphatic rings. The van der Waals surface area contributed by atoms with Gasteiger partial charge in [0.25, 0.3) is 11.8 Å². The molecule has 0 radical (unpaired) electrons. The molecular formula is C25H23N3O5. The number of aromatic hydroxyl groups is 1. The first-order valence-corrected chi connectivity index (χ1v) is 10.5. The zero-order valence-electron chi connectivity index (χ0n) is 18.5. The Balaban J connectivity index is 1.70. The highest BCUT2D eigenvalue weighted by molar-refractivity contribution is 6.30. The van der Waals surface area contributed by atoms with Crippen molar-refractivity contribution in [3.63, 3.8) is 0 Å². The Morgan fingerprint density at radius 3 is 2.42 bits per heavy atom. The Bertz CT molecular complexity index is 1410. The van der Waals surface area contributed by atoms with Crippen LogP contribution in [0.4, 0.5) is 0 Å². The monoisotopic (exact) mass is 445 g/mol. The van der Waals surface area contributed by atoms with Crippen molar-refractivity contribution in [3.8, 4) is 23.0 Å². The molecular weight excluding hydrogens is 422 g/mol. The molecule has 4 aromatic rings. The topological polar surface area (TPSA) is 95.1 Å². The third-order valence-corrected chi connectivity index (χ3v) is 5.82. The molecule has 2 N–H and O–H groups in total. The Labute approximate surface area is 189 Å². The van der Waals surface area contributed by atoms with Gasteiger partial charge in [0.2, 0.25) is 0 Å². The number of hydrogen-bond acceptors (Lipinski definition) is 6. The van der Waals surface area contributed by atoms with Gasteiger partial charge in [0, 0.05) is 29.4 Å². The predicted octanol–water partition coefficient (Wildman–Crippen LogP) is 3.99. The van der Waals surface area contributed by atoms with Gasteiger partial charge in [0.05, 0.1) is 23.8 Å². The van der Waals surface area contributed by atoms with E-state index in [0.717, 1.165) is 5.52 Å². The van der Waals surface area contributed by atoms with E-state index in [-0.39, 0.29) is 24.1 Å². The molecule has 0 fully saturated rings. The largest absolute Gasteiger partial charge is 0.508 e. The van der Waals surface area contributed by atoms with E-state index in [1.54, 1.807) is 55.6 Å². The first kappa shape index (κ1) is 20.8. The molecule has 168 valence electrons.